The molecular weight excluding hydrogens is 2050 g/mol. The van der Waals surface area contributed by atoms with Crippen molar-refractivity contribution in [3.63, 3.8) is 0 Å². The Hall–Kier alpha value is -10.8. The van der Waals surface area contributed by atoms with Crippen molar-refractivity contribution >= 4 is 86.5 Å². The number of aromatic nitrogens is 8. The molecule has 0 aromatic carbocycles. The molecule has 6 N–H and O–H groups in total. The zero-order valence-corrected chi connectivity index (χ0v) is 103. The van der Waals surface area contributed by atoms with E-state index in [1.165, 1.54) is 19.6 Å². The van der Waals surface area contributed by atoms with Crippen LogP contribution in [0, 0.1) is 61.7 Å². The van der Waals surface area contributed by atoms with E-state index in [4.69, 9.17) is 81.3 Å². The molecule has 0 saturated carbocycles. The number of aromatic amines is 2. The normalized spacial score (nSPS) is 11.5. The fourth-order valence-corrected chi connectivity index (χ4v) is 15.4. The number of aliphatic hydroxyl groups is 2. The molecule has 8 aromatic heterocycles. The molecule has 0 fully saturated rings. The number of carbonyl (C=O) groups excluding carboxylic acids is 4. The van der Waals surface area contributed by atoms with E-state index in [1.807, 2.05) is 113 Å². The molecule has 36 nitrogen and oxygen atoms in total. The summed E-state index contributed by atoms with van der Waals surface area (Å²) < 4.78 is 68.1. The molecule has 0 saturated heterocycles. The SMILES string of the molecule is CC(=O)/C(=C\N(C)C)c1ccnc(OCCO[Si](C)(C)C(C)(C)C)c1.CC(=O)Cc1ccnc(OCO[Si](C)(C)C(C)(C)C)c1.CC(C)(C)[Si](C)(C)OCCO.COC(OC)N(C)C.CON(C)C(C)=O.Cc1[nH]c(=O)c(C#N)cc1-c1ccnc(OCCO)c1.Cc1[nH]c(=O)c(C#N)cc1-c1ccnc(OCCO[Si](C)(C)C(C)(C)C)c1.Cc1ccnc(Br)c1.Cc1ccnc(OCO[Si](C)(C)C(C)(C)C)c1.N#CCC(N)=O. The molecule has 8 aromatic rings. The number of aliphatic hydroxyl groups excluding tert-OH is 2. The Morgan fingerprint density at radius 1 is 0.463 bits per heavy atom. The summed E-state index contributed by atoms with van der Waals surface area (Å²) in [5, 5.41) is 45.1. The number of Topliss-reactive ketones (excluding diaryl/α,β-unsaturated/α-hetero) is 2. The summed E-state index contributed by atoms with van der Waals surface area (Å²) in [5.41, 5.74) is 13.1. The van der Waals surface area contributed by atoms with Gasteiger partial charge in [0.1, 0.15) is 59.9 Å². The van der Waals surface area contributed by atoms with Crippen LogP contribution in [0.25, 0.3) is 27.8 Å². The number of nitrogens with zero attached hydrogens (tertiary/aromatic N) is 12. The maximum absolute atomic E-state index is 11.9. The van der Waals surface area contributed by atoms with Crippen molar-refractivity contribution in [1.82, 2.24) is 54.7 Å². The number of nitriles is 3. The van der Waals surface area contributed by atoms with E-state index in [2.05, 4.69) is 236 Å². The van der Waals surface area contributed by atoms with Crippen LogP contribution in [-0.2, 0) is 62.0 Å². The van der Waals surface area contributed by atoms with Gasteiger partial charge in [-0.1, -0.05) is 104 Å². The number of allylic oxidation sites excluding steroid dienone is 1. The highest BCUT2D eigenvalue weighted by Crippen LogP contribution is 2.41. The van der Waals surface area contributed by atoms with Gasteiger partial charge < -0.3 is 86.1 Å². The largest absolute Gasteiger partial charge is 0.475 e. The number of amides is 2. The van der Waals surface area contributed by atoms with Crippen LogP contribution in [0.2, 0.25) is 90.7 Å². The van der Waals surface area contributed by atoms with Gasteiger partial charge in [-0.25, -0.2) is 35.0 Å². The minimum absolute atomic E-state index is 0.00658. The van der Waals surface area contributed by atoms with Gasteiger partial charge in [0.25, 0.3) is 11.1 Å². The Bertz CT molecular complexity index is 5640. The maximum Gasteiger partial charge on any atom is 0.266 e. The van der Waals surface area contributed by atoms with Crippen LogP contribution >= 0.6 is 15.9 Å². The zero-order valence-electron chi connectivity index (χ0n) is 96.2. The number of ether oxygens (including phenoxy) is 7. The number of methoxy groups -OCH3 is 2. The number of hydrogen-bond donors (Lipinski definition) is 5. The fourth-order valence-electron chi connectivity index (χ4n) is 10.2. The van der Waals surface area contributed by atoms with Gasteiger partial charge in [0.2, 0.25) is 47.6 Å². The average Bonchev–Trinajstić information content (AvgIpc) is 0.807. The summed E-state index contributed by atoms with van der Waals surface area (Å²) >= 11 is 3.25. The van der Waals surface area contributed by atoms with E-state index < -0.39 is 53.1 Å². The second-order valence-electron chi connectivity index (χ2n) is 42.1. The number of ketones is 2. The summed E-state index contributed by atoms with van der Waals surface area (Å²) in [7, 11) is 5.09. The lowest BCUT2D eigenvalue weighted by Crippen LogP contribution is -2.41. The predicted molar refractivity (Wildman–Crippen MR) is 604 cm³/mol. The van der Waals surface area contributed by atoms with Crippen LogP contribution in [-0.4, -0.2) is 259 Å². The van der Waals surface area contributed by atoms with Gasteiger partial charge in [0.15, 0.2) is 61.0 Å². The molecule has 8 rings (SSSR count). The summed E-state index contributed by atoms with van der Waals surface area (Å²) in [4.78, 5) is 104. The number of halogens is 1. The van der Waals surface area contributed by atoms with Gasteiger partial charge in [-0.05, 0) is 250 Å². The van der Waals surface area contributed by atoms with Crippen molar-refractivity contribution in [3.8, 4) is 69.9 Å². The van der Waals surface area contributed by atoms with Crippen LogP contribution < -0.4 is 40.5 Å². The first-order valence-electron chi connectivity index (χ1n) is 48.5. The molecule has 828 valence electrons. The Kier molecular flexibility index (Phi) is 64.2. The molecular formula is C107H172BrN15O21Si5. The summed E-state index contributed by atoms with van der Waals surface area (Å²) in [6.45, 7) is 70.2. The van der Waals surface area contributed by atoms with Crippen LogP contribution in [0.1, 0.15) is 176 Å². The fraction of sp³-hybridized carbons (Fsp3) is 0.542. The standard InChI is InChI=1S/C20H27N3O3Si.C19H32N2O3Si.C15H25NO3Si.C14H13N3O3.C13H23NO2Si.C8H20O2Si.C6H6BrN.C5H13NO2.C4H9NO2.C3H4N2O/c1-14-17(11-16(13-21)19(24)23-14)15-7-8-22-18(12-15)25-9-10-26-27(5,6)20(2,3)4;1-15(22)17(14-21(5)6)16-9-10-20-18(13-16)23-11-12-24-25(7,8)19(2,3)4;1-12(17)9-13-7-8-16-14(10-13)18-11-19-20(5,6)15(2,3)4;1-9-12(6-11(8-15)14(19)17-9)10-2-3-16-13(7-10)20-5-4-18;1-11-7-8-14-12(9-11)15-10-16-17(5,6)13(2,3)4;1-8(2,3)11(4,5)10-7-6-9;1-5-2-3-8-6(7)4-5;1-6(2)5(7-3)8-4;1-4(6)5(2)7-3;4-2-1-3(5)6/h7-8,11-12H,9-10H2,1-6H3,(H,23,24);9-10,13-14H,11-12H2,1-8H3;7-8,10H,9,11H2,1-6H3;2-3,6-7,18H,4-5H2,1H3,(H,17,19);7-9H,10H2,1-6H3;9H,6-7H2,1-5H3;2-4H,1H3;5H,1-4H3;1-3H3;1H2,(H2,5,6)/b;17-14+;;;;;;;;. The number of H-pyrrole nitrogens is 2. The monoisotopic (exact) mass is 2220 g/mol. The summed E-state index contributed by atoms with van der Waals surface area (Å²) in [5.74, 6) is 1.95. The van der Waals surface area contributed by atoms with Gasteiger partial charge in [-0.15, -0.1) is 0 Å². The molecule has 42 heteroatoms. The molecule has 0 aliphatic carbocycles. The minimum atomic E-state index is -1.81. The van der Waals surface area contributed by atoms with Gasteiger partial charge in [0.05, 0.1) is 46.2 Å². The summed E-state index contributed by atoms with van der Waals surface area (Å²) in [6.07, 6.45) is 11.9. The van der Waals surface area contributed by atoms with E-state index in [9.17, 15) is 28.8 Å². The van der Waals surface area contributed by atoms with Crippen LogP contribution in [0.5, 0.6) is 29.4 Å². The lowest BCUT2D eigenvalue weighted by Gasteiger charge is -2.36. The molecule has 2 amide bonds. The number of nitrogens with one attached hydrogen (secondary N) is 2. The lowest BCUT2D eigenvalue weighted by atomic mass is 10.0. The molecule has 0 spiro atoms. The summed E-state index contributed by atoms with van der Waals surface area (Å²) in [6, 6.07) is 30.6. The topological polar surface area (TPSA) is 479 Å². The Labute approximate surface area is 900 Å². The van der Waals surface area contributed by atoms with Gasteiger partial charge in [-0.3, -0.25) is 38.5 Å². The van der Waals surface area contributed by atoms with Crippen molar-refractivity contribution in [1.29, 1.82) is 15.8 Å². The molecule has 8 heterocycles. The number of nitrogens with two attached hydrogens (primary N) is 1. The van der Waals surface area contributed by atoms with Crippen molar-refractivity contribution in [2.24, 2.45) is 5.73 Å². The number of hydroxylamine groups is 2. The quantitative estimate of drug-likeness (QED) is 0.00608. The minimum Gasteiger partial charge on any atom is -0.475 e. The Balaban J connectivity index is 0. The third-order valence-electron chi connectivity index (χ3n) is 24.2. The molecule has 0 aliphatic rings. The van der Waals surface area contributed by atoms with Crippen LogP contribution in [0.3, 0.4) is 0 Å². The highest BCUT2D eigenvalue weighted by molar-refractivity contribution is 9.10. The molecule has 0 bridgehead atoms. The number of carbonyl (C=O) groups is 4. The predicted octanol–water partition coefficient (Wildman–Crippen LogP) is 20.0. The number of pyridine rings is 8. The first kappa shape index (κ1) is 140. The maximum atomic E-state index is 11.9. The molecule has 0 radical (unpaired) electrons. The molecule has 0 unspecified atom stereocenters. The smallest absolute Gasteiger partial charge is 0.266 e. The van der Waals surface area contributed by atoms with Crippen molar-refractivity contribution in [3.05, 3.63) is 198 Å². The van der Waals surface area contributed by atoms with E-state index in [-0.39, 0.29) is 106 Å². The van der Waals surface area contributed by atoms with Crippen molar-refractivity contribution in [2.45, 2.75) is 262 Å². The second-order valence-corrected chi connectivity index (χ2v) is 67.0. The Morgan fingerprint density at radius 3 is 1.11 bits per heavy atom. The number of hydrogen-bond acceptors (Lipinski definition) is 32. The lowest BCUT2D eigenvalue weighted by molar-refractivity contribution is -0.179. The van der Waals surface area contributed by atoms with E-state index in [1.54, 1.807) is 135 Å². The van der Waals surface area contributed by atoms with Gasteiger partial charge >= 0.3 is 0 Å². The van der Waals surface area contributed by atoms with Crippen LogP contribution in [0.4, 0.5) is 0 Å². The van der Waals surface area contributed by atoms with Crippen molar-refractivity contribution in [2.75, 3.05) is 123 Å². The molecule has 0 aliphatic heterocycles. The number of primary amides is 1. The average molecular weight is 2220 g/mol. The second kappa shape index (κ2) is 68.2. The number of aryl methyl sites for hydroxylation is 4. The zero-order chi connectivity index (χ0) is 115. The number of rotatable bonds is 36. The third-order valence-corrected chi connectivity index (χ3v) is 47.2. The van der Waals surface area contributed by atoms with Gasteiger partial charge in [-0.2, -0.15) is 15.8 Å². The first-order valence-corrected chi connectivity index (χ1v) is 63.8. The third kappa shape index (κ3) is 56.8. The van der Waals surface area contributed by atoms with E-state index in [0.29, 0.717) is 85.8 Å². The Morgan fingerprint density at radius 2 is 0.812 bits per heavy atom. The molecule has 149 heavy (non-hydrogen) atoms. The van der Waals surface area contributed by atoms with Gasteiger partial charge in [0, 0.05) is 151 Å². The van der Waals surface area contributed by atoms with E-state index >= 15 is 0 Å². The highest BCUT2D eigenvalue weighted by Gasteiger charge is 2.41. The molecule has 0 atom stereocenters. The van der Waals surface area contributed by atoms with Crippen LogP contribution in [0.15, 0.2) is 143 Å². The van der Waals surface area contributed by atoms with Crippen molar-refractivity contribution < 1.29 is 89.5 Å². The highest BCUT2D eigenvalue weighted by atomic mass is 79.9. The first-order chi connectivity index (χ1) is 68.7. The van der Waals surface area contributed by atoms with E-state index in [0.717, 1.165) is 48.6 Å².